The van der Waals surface area contributed by atoms with Crippen molar-refractivity contribution >= 4 is 23.2 Å². The number of halogens is 7. The van der Waals surface area contributed by atoms with Crippen LogP contribution in [0.2, 0.25) is 0 Å². The zero-order chi connectivity index (χ0) is 28.2. The van der Waals surface area contributed by atoms with Gasteiger partial charge in [0.05, 0.1) is 11.9 Å². The average molecular weight is 565 g/mol. The van der Waals surface area contributed by atoms with Gasteiger partial charge in [-0.05, 0) is 38.7 Å². The second-order valence-electron chi connectivity index (χ2n) is 9.82. The maximum absolute atomic E-state index is 14.6. The molecular formula is C22H22F7N7O3. The third kappa shape index (κ3) is 6.34. The van der Waals surface area contributed by atoms with Crippen LogP contribution in [0.15, 0.2) is 18.3 Å². The maximum Gasteiger partial charge on any atom is 0.522 e. The van der Waals surface area contributed by atoms with Crippen LogP contribution >= 0.6 is 0 Å². The number of H-pyrrole nitrogens is 1. The Morgan fingerprint density at radius 3 is 2.62 bits per heavy atom. The number of ether oxygens (including phenoxy) is 2. The number of rotatable bonds is 7. The molecule has 0 radical (unpaired) electrons. The van der Waals surface area contributed by atoms with Crippen molar-refractivity contribution in [1.29, 1.82) is 0 Å². The topological polar surface area (TPSA) is 118 Å². The van der Waals surface area contributed by atoms with Crippen LogP contribution in [0.1, 0.15) is 55.6 Å². The first-order chi connectivity index (χ1) is 18.2. The highest BCUT2D eigenvalue weighted by Gasteiger charge is 2.42. The zero-order valence-corrected chi connectivity index (χ0v) is 20.2. The Kier molecular flexibility index (Phi) is 6.59. The van der Waals surface area contributed by atoms with Crippen LogP contribution in [-0.4, -0.2) is 55.1 Å². The quantitative estimate of drug-likeness (QED) is 0.341. The first-order valence-electron chi connectivity index (χ1n) is 11.8. The van der Waals surface area contributed by atoms with Gasteiger partial charge in [-0.15, -0.1) is 13.2 Å². The molecule has 2 saturated carbocycles. The summed E-state index contributed by atoms with van der Waals surface area (Å²) in [5, 5.41) is 15.7. The Morgan fingerprint density at radius 1 is 1.21 bits per heavy atom. The third-order valence-corrected chi connectivity index (χ3v) is 6.56. The van der Waals surface area contributed by atoms with Crippen molar-refractivity contribution in [1.82, 2.24) is 30.1 Å². The van der Waals surface area contributed by atoms with Gasteiger partial charge in [-0.1, -0.05) is 0 Å². The Bertz CT molecular complexity index is 1370. The molecule has 3 heterocycles. The summed E-state index contributed by atoms with van der Waals surface area (Å²) in [4.78, 5) is 15.6. The van der Waals surface area contributed by atoms with E-state index in [2.05, 4.69) is 35.7 Å². The molecule has 3 aromatic rings. The number of nitrogens with one attached hydrogen (secondary N) is 3. The van der Waals surface area contributed by atoms with E-state index in [0.29, 0.717) is 11.9 Å². The molecule has 212 valence electrons. The number of amides is 1. The lowest BCUT2D eigenvalue weighted by Gasteiger charge is -2.17. The van der Waals surface area contributed by atoms with Crippen LogP contribution in [0.4, 0.5) is 47.2 Å². The van der Waals surface area contributed by atoms with Crippen LogP contribution < -0.4 is 10.6 Å². The molecule has 39 heavy (non-hydrogen) atoms. The van der Waals surface area contributed by atoms with Gasteiger partial charge in [-0.3, -0.25) is 9.84 Å². The van der Waals surface area contributed by atoms with Crippen molar-refractivity contribution in [2.45, 2.75) is 75.5 Å². The van der Waals surface area contributed by atoms with Crippen molar-refractivity contribution in [3.63, 3.8) is 0 Å². The second kappa shape index (κ2) is 9.53. The molecule has 0 bridgehead atoms. The fraction of sp³-hybridized carbons (Fsp3) is 0.545. The van der Waals surface area contributed by atoms with Crippen LogP contribution in [0, 0.1) is 0 Å². The number of hydrogen-bond acceptors (Lipinski definition) is 7. The number of carbonyl (C=O) groups excluding carboxylic acids is 1. The van der Waals surface area contributed by atoms with Crippen LogP contribution in [0.3, 0.4) is 0 Å². The predicted octanol–water partition coefficient (Wildman–Crippen LogP) is 5.11. The number of hydrogen-bond donors (Lipinski definition) is 3. The second-order valence-corrected chi connectivity index (χ2v) is 9.82. The van der Waals surface area contributed by atoms with Gasteiger partial charge >= 0.3 is 18.6 Å². The predicted molar refractivity (Wildman–Crippen MR) is 119 cm³/mol. The van der Waals surface area contributed by atoms with Crippen LogP contribution in [0.25, 0.3) is 5.52 Å². The van der Waals surface area contributed by atoms with Crippen LogP contribution in [0.5, 0.6) is 0 Å². The number of carbonyl (C=O) groups is 1. The molecule has 0 unspecified atom stereocenters. The highest BCUT2D eigenvalue weighted by Crippen LogP contribution is 2.39. The normalized spacial score (nSPS) is 22.7. The van der Waals surface area contributed by atoms with Crippen molar-refractivity contribution in [3.8, 4) is 0 Å². The number of nitrogens with zero attached hydrogens (tertiary/aromatic N) is 4. The molecule has 1 amide bonds. The Hall–Kier alpha value is -3.63. The summed E-state index contributed by atoms with van der Waals surface area (Å²) >= 11 is 0. The van der Waals surface area contributed by atoms with E-state index in [1.807, 2.05) is 6.92 Å². The molecule has 3 N–H and O–H groups in total. The number of alkyl halides is 7. The molecular weight excluding hydrogens is 543 g/mol. The summed E-state index contributed by atoms with van der Waals surface area (Å²) in [6, 6.07) is 2.53. The molecule has 3 atom stereocenters. The Morgan fingerprint density at radius 2 is 1.95 bits per heavy atom. The van der Waals surface area contributed by atoms with Crippen molar-refractivity contribution in [2.75, 3.05) is 5.32 Å². The number of anilines is 2. The minimum atomic E-state index is -4.96. The summed E-state index contributed by atoms with van der Waals surface area (Å²) < 4.78 is 102. The lowest BCUT2D eigenvalue weighted by Crippen LogP contribution is -2.38. The van der Waals surface area contributed by atoms with Gasteiger partial charge in [0.15, 0.2) is 17.3 Å². The first-order valence-corrected chi connectivity index (χ1v) is 11.8. The van der Waals surface area contributed by atoms with E-state index >= 15 is 0 Å². The molecule has 17 heteroatoms. The van der Waals surface area contributed by atoms with Crippen molar-refractivity contribution in [2.24, 2.45) is 0 Å². The molecule has 0 spiro atoms. The van der Waals surface area contributed by atoms with Gasteiger partial charge in [0.2, 0.25) is 0 Å². The van der Waals surface area contributed by atoms with E-state index in [1.165, 1.54) is 6.07 Å². The van der Waals surface area contributed by atoms with Gasteiger partial charge in [-0.25, -0.2) is 18.7 Å². The standard InChI is InChI=1S/C22H22F7N7O3/c1-20(2-3-20)32-19(37)39-15-5-10(4-12(15)23)13-7-17(34-33-13)31-18-14-6-11(9-38-22(27,28)29)35-36(14)8-16(30-18)21(24,25)26/h6-8,10,12,15H,2-5,9H2,1H3,(H,32,37)(H2,30,31,33,34)/t10-,12+,15-/m0/s1. The minimum absolute atomic E-state index is 0.0205. The molecule has 2 fully saturated rings. The van der Waals surface area contributed by atoms with Gasteiger partial charge in [-0.2, -0.15) is 23.4 Å². The molecule has 2 aliphatic rings. The number of alkyl carbamates (subject to hydrolysis) is 1. The Balaban J connectivity index is 1.32. The monoisotopic (exact) mass is 565 g/mol. The molecule has 0 saturated heterocycles. The van der Waals surface area contributed by atoms with E-state index < -0.39 is 49.1 Å². The van der Waals surface area contributed by atoms with E-state index in [4.69, 9.17) is 4.74 Å². The summed E-state index contributed by atoms with van der Waals surface area (Å²) in [5.74, 6) is -0.782. The van der Waals surface area contributed by atoms with Gasteiger partial charge in [0.1, 0.15) is 24.4 Å². The highest BCUT2D eigenvalue weighted by molar-refractivity contribution is 5.73. The molecule has 10 nitrogen and oxygen atoms in total. The SMILES string of the molecule is CC1(NC(=O)O[C@H]2C[C@@H](c3cc(Nc4nc(C(F)(F)F)cn5nc(COC(F)(F)F)cc45)n[nH]3)C[C@H]2F)CC1. The molecule has 0 aliphatic heterocycles. The molecule has 3 aromatic heterocycles. The van der Waals surface area contributed by atoms with Crippen molar-refractivity contribution < 1.29 is 45.0 Å². The number of aromatic nitrogens is 5. The fourth-order valence-electron chi connectivity index (χ4n) is 4.28. The van der Waals surface area contributed by atoms with Gasteiger partial charge in [0.25, 0.3) is 0 Å². The fourth-order valence-corrected chi connectivity index (χ4v) is 4.28. The number of fused-ring (bicyclic) bond motifs is 1. The summed E-state index contributed by atoms with van der Waals surface area (Å²) in [5.41, 5.74) is -1.59. The third-order valence-electron chi connectivity index (χ3n) is 6.56. The highest BCUT2D eigenvalue weighted by atomic mass is 19.4. The smallest absolute Gasteiger partial charge is 0.443 e. The molecule has 0 aromatic carbocycles. The van der Waals surface area contributed by atoms with Gasteiger partial charge in [0, 0.05) is 23.2 Å². The lowest BCUT2D eigenvalue weighted by molar-refractivity contribution is -0.330. The summed E-state index contributed by atoms with van der Waals surface area (Å²) in [6.07, 6.45) is -10.6. The average Bonchev–Trinajstić information content (AvgIpc) is 3.19. The molecule has 2 aliphatic carbocycles. The van der Waals surface area contributed by atoms with E-state index in [0.717, 1.165) is 23.4 Å². The van der Waals surface area contributed by atoms with Gasteiger partial charge < -0.3 is 15.4 Å². The van der Waals surface area contributed by atoms with E-state index in [-0.39, 0.29) is 41.2 Å². The van der Waals surface area contributed by atoms with Crippen LogP contribution in [-0.2, 0) is 22.3 Å². The maximum atomic E-state index is 14.6. The van der Waals surface area contributed by atoms with Crippen molar-refractivity contribution in [3.05, 3.63) is 35.4 Å². The summed E-state index contributed by atoms with van der Waals surface area (Å²) in [6.45, 7) is 0.830. The zero-order valence-electron chi connectivity index (χ0n) is 20.2. The largest absolute Gasteiger partial charge is 0.522 e. The molecule has 5 rings (SSSR count). The minimum Gasteiger partial charge on any atom is -0.443 e. The lowest BCUT2D eigenvalue weighted by atomic mass is 10.0. The Labute approximate surface area is 215 Å². The first kappa shape index (κ1) is 27.0. The summed E-state index contributed by atoms with van der Waals surface area (Å²) in [7, 11) is 0. The number of aromatic amines is 1. The van der Waals surface area contributed by atoms with E-state index in [1.54, 1.807) is 0 Å². The van der Waals surface area contributed by atoms with E-state index in [9.17, 15) is 35.5 Å².